The number of phenols is 2. The molecule has 0 bridgehead atoms. The number of aromatic hydroxyl groups is 2. The minimum absolute atomic E-state index is 0.0477. The Bertz CT molecular complexity index is 679. The van der Waals surface area contributed by atoms with E-state index in [1.54, 1.807) is 16.2 Å². The van der Waals surface area contributed by atoms with Crippen molar-refractivity contribution in [1.29, 1.82) is 0 Å². The highest BCUT2D eigenvalue weighted by Crippen LogP contribution is 2.26. The molecule has 0 radical (unpaired) electrons. The minimum Gasteiger partial charge on any atom is -0.508 e. The van der Waals surface area contributed by atoms with Crippen LogP contribution in [0.2, 0.25) is 0 Å². The lowest BCUT2D eigenvalue weighted by molar-refractivity contribution is 0.0579. The van der Waals surface area contributed by atoms with Crippen molar-refractivity contribution >= 4 is 17.2 Å². The molecule has 0 aliphatic carbocycles. The first kappa shape index (κ1) is 15.8. The Hall–Kier alpha value is -2.05. The summed E-state index contributed by atoms with van der Waals surface area (Å²) in [7, 11) is 0. The van der Waals surface area contributed by atoms with Gasteiger partial charge in [0.25, 0.3) is 5.91 Å². The first-order valence-electron chi connectivity index (χ1n) is 7.63. The zero-order valence-corrected chi connectivity index (χ0v) is 13.8. The van der Waals surface area contributed by atoms with Gasteiger partial charge in [0.05, 0.1) is 5.56 Å². The maximum atomic E-state index is 12.5. The van der Waals surface area contributed by atoms with E-state index in [-0.39, 0.29) is 23.0 Å². The average Bonchev–Trinajstić information content (AvgIpc) is 3.08. The fraction of sp³-hybridized carbons (Fsp3) is 0.353. The second-order valence-electron chi connectivity index (χ2n) is 5.76. The van der Waals surface area contributed by atoms with Crippen LogP contribution < -0.4 is 0 Å². The van der Waals surface area contributed by atoms with Crippen LogP contribution in [0.3, 0.4) is 0 Å². The standard InChI is InChI=1S/C17H20N2O3S/c1-12(13-4-9-23-11-13)18-5-7-19(8-6-18)17(22)15-3-2-14(20)10-16(15)21/h2-4,9-12,20-21H,5-8H2,1H3/t12-/m0/s1. The van der Waals surface area contributed by atoms with Crippen molar-refractivity contribution in [2.24, 2.45) is 0 Å². The van der Waals surface area contributed by atoms with Crippen LogP contribution in [0.25, 0.3) is 0 Å². The summed E-state index contributed by atoms with van der Waals surface area (Å²) in [5.41, 5.74) is 1.55. The second-order valence-corrected chi connectivity index (χ2v) is 6.54. The second kappa shape index (κ2) is 6.60. The highest BCUT2D eigenvalue weighted by Gasteiger charge is 2.26. The lowest BCUT2D eigenvalue weighted by atomic mass is 10.1. The molecule has 3 rings (SSSR count). The van der Waals surface area contributed by atoms with E-state index >= 15 is 0 Å². The van der Waals surface area contributed by atoms with E-state index in [2.05, 4.69) is 28.7 Å². The highest BCUT2D eigenvalue weighted by molar-refractivity contribution is 7.07. The van der Waals surface area contributed by atoms with Crippen molar-refractivity contribution in [2.45, 2.75) is 13.0 Å². The Morgan fingerprint density at radius 2 is 1.91 bits per heavy atom. The molecule has 2 heterocycles. The van der Waals surface area contributed by atoms with Gasteiger partial charge < -0.3 is 15.1 Å². The number of hydrogen-bond donors (Lipinski definition) is 2. The van der Waals surface area contributed by atoms with Crippen molar-refractivity contribution in [3.05, 3.63) is 46.2 Å². The van der Waals surface area contributed by atoms with Crippen molar-refractivity contribution in [3.63, 3.8) is 0 Å². The molecule has 0 spiro atoms. The van der Waals surface area contributed by atoms with Gasteiger partial charge in [-0.05, 0) is 41.4 Å². The number of piperazine rings is 1. The smallest absolute Gasteiger partial charge is 0.257 e. The monoisotopic (exact) mass is 332 g/mol. The first-order chi connectivity index (χ1) is 11.1. The lowest BCUT2D eigenvalue weighted by Crippen LogP contribution is -2.49. The molecule has 122 valence electrons. The highest BCUT2D eigenvalue weighted by atomic mass is 32.1. The topological polar surface area (TPSA) is 64.0 Å². The molecule has 1 saturated heterocycles. The van der Waals surface area contributed by atoms with Crippen LogP contribution in [0.4, 0.5) is 0 Å². The summed E-state index contributed by atoms with van der Waals surface area (Å²) >= 11 is 1.70. The SMILES string of the molecule is C[C@@H](c1ccsc1)N1CCN(C(=O)c2ccc(O)cc2O)CC1. The number of carbonyl (C=O) groups excluding carboxylic acids is 1. The third-order valence-electron chi connectivity index (χ3n) is 4.39. The number of hydrogen-bond acceptors (Lipinski definition) is 5. The van der Waals surface area contributed by atoms with Gasteiger partial charge in [0.2, 0.25) is 0 Å². The molecule has 1 aliphatic rings. The summed E-state index contributed by atoms with van der Waals surface area (Å²) in [6.07, 6.45) is 0. The van der Waals surface area contributed by atoms with Crippen LogP contribution in [-0.2, 0) is 0 Å². The van der Waals surface area contributed by atoms with E-state index < -0.39 is 0 Å². The normalized spacial score (nSPS) is 17.2. The van der Waals surface area contributed by atoms with E-state index in [1.165, 1.54) is 23.8 Å². The Labute approximate surface area is 139 Å². The Morgan fingerprint density at radius 3 is 2.52 bits per heavy atom. The molecule has 1 aliphatic heterocycles. The van der Waals surface area contributed by atoms with Gasteiger partial charge in [-0.1, -0.05) is 0 Å². The van der Waals surface area contributed by atoms with Gasteiger partial charge in [-0.15, -0.1) is 0 Å². The maximum Gasteiger partial charge on any atom is 0.257 e. The van der Waals surface area contributed by atoms with Crippen LogP contribution in [0, 0.1) is 0 Å². The molecule has 1 aromatic heterocycles. The third kappa shape index (κ3) is 3.33. The Kier molecular flexibility index (Phi) is 4.54. The van der Waals surface area contributed by atoms with Crippen LogP contribution in [0.5, 0.6) is 11.5 Å². The number of benzene rings is 1. The number of amides is 1. The molecule has 2 N–H and O–H groups in total. The van der Waals surface area contributed by atoms with Crippen molar-refractivity contribution < 1.29 is 15.0 Å². The summed E-state index contributed by atoms with van der Waals surface area (Å²) in [5.74, 6) is -0.414. The first-order valence-corrected chi connectivity index (χ1v) is 8.58. The number of rotatable bonds is 3. The van der Waals surface area contributed by atoms with Gasteiger partial charge in [0, 0.05) is 38.3 Å². The molecule has 1 atom stereocenters. The van der Waals surface area contributed by atoms with Gasteiger partial charge in [-0.2, -0.15) is 11.3 Å². The molecule has 1 fully saturated rings. The summed E-state index contributed by atoms with van der Waals surface area (Å²) in [6.45, 7) is 5.07. The number of carbonyl (C=O) groups is 1. The molecule has 1 aromatic carbocycles. The van der Waals surface area contributed by atoms with E-state index in [0.717, 1.165) is 13.1 Å². The Balaban J connectivity index is 1.63. The van der Waals surface area contributed by atoms with E-state index in [9.17, 15) is 15.0 Å². The van der Waals surface area contributed by atoms with Crippen molar-refractivity contribution in [3.8, 4) is 11.5 Å². The molecule has 6 heteroatoms. The van der Waals surface area contributed by atoms with Gasteiger partial charge in [0.15, 0.2) is 0 Å². The van der Waals surface area contributed by atoms with E-state index in [4.69, 9.17) is 0 Å². The van der Waals surface area contributed by atoms with Crippen molar-refractivity contribution in [2.75, 3.05) is 26.2 Å². The fourth-order valence-electron chi connectivity index (χ4n) is 2.91. The summed E-state index contributed by atoms with van der Waals surface area (Å²) in [5, 5.41) is 23.4. The van der Waals surface area contributed by atoms with Crippen LogP contribution in [0.1, 0.15) is 28.9 Å². The average molecular weight is 332 g/mol. The number of nitrogens with zero attached hydrogens (tertiary/aromatic N) is 2. The number of phenolic OH excluding ortho intramolecular Hbond substituents is 2. The zero-order chi connectivity index (χ0) is 16.4. The van der Waals surface area contributed by atoms with Gasteiger partial charge in [-0.25, -0.2) is 0 Å². The summed E-state index contributed by atoms with van der Waals surface area (Å²) in [4.78, 5) is 16.6. The lowest BCUT2D eigenvalue weighted by Gasteiger charge is -2.38. The van der Waals surface area contributed by atoms with Gasteiger partial charge >= 0.3 is 0 Å². The largest absolute Gasteiger partial charge is 0.508 e. The van der Waals surface area contributed by atoms with E-state index in [1.807, 2.05) is 0 Å². The van der Waals surface area contributed by atoms with Gasteiger partial charge in [-0.3, -0.25) is 9.69 Å². The summed E-state index contributed by atoms with van der Waals surface area (Å²) < 4.78 is 0. The molecular weight excluding hydrogens is 312 g/mol. The molecule has 23 heavy (non-hydrogen) atoms. The predicted molar refractivity (Wildman–Crippen MR) is 90.0 cm³/mol. The summed E-state index contributed by atoms with van der Waals surface area (Å²) in [6, 6.07) is 6.57. The van der Waals surface area contributed by atoms with Crippen LogP contribution in [0.15, 0.2) is 35.0 Å². The quantitative estimate of drug-likeness (QED) is 0.907. The van der Waals surface area contributed by atoms with Crippen LogP contribution >= 0.6 is 11.3 Å². The molecular formula is C17H20N2O3S. The zero-order valence-electron chi connectivity index (χ0n) is 13.0. The fourth-order valence-corrected chi connectivity index (χ4v) is 3.65. The molecule has 1 amide bonds. The van der Waals surface area contributed by atoms with Gasteiger partial charge in [0.1, 0.15) is 11.5 Å². The minimum atomic E-state index is -0.190. The molecule has 0 unspecified atom stereocenters. The molecule has 5 nitrogen and oxygen atoms in total. The maximum absolute atomic E-state index is 12.5. The van der Waals surface area contributed by atoms with E-state index in [0.29, 0.717) is 19.1 Å². The van der Waals surface area contributed by atoms with Crippen molar-refractivity contribution in [1.82, 2.24) is 9.80 Å². The Morgan fingerprint density at radius 1 is 1.17 bits per heavy atom. The molecule has 2 aromatic rings. The predicted octanol–water partition coefficient (Wildman–Crippen LogP) is 2.68. The third-order valence-corrected chi connectivity index (χ3v) is 5.09. The van der Waals surface area contributed by atoms with Crippen LogP contribution in [-0.4, -0.2) is 52.1 Å². The number of thiophene rings is 1. The molecule has 0 saturated carbocycles.